The lowest BCUT2D eigenvalue weighted by molar-refractivity contribution is -0.140. The standard InChI is InChI=1S/C18H32N6O8/c1-19-18(32)20-14(25)10-21-2-4-22(11-15(26)27)6-8-24(13-17(30)31)9-7-23(5-3-21)12-16(28)29/h2-13H2,1H3,(H,26,27)(H,28,29)(H,30,31)(H2,19,20,25,32). The number of urea groups is 1. The topological polar surface area (TPSA) is 183 Å². The highest BCUT2D eigenvalue weighted by Crippen LogP contribution is 2.01. The molecule has 0 aliphatic carbocycles. The SMILES string of the molecule is CNC(=O)NC(=O)CN1CCN(CC(=O)O)CCN(CC(=O)O)CCN(CC(=O)O)CC1. The third-order valence-corrected chi connectivity index (χ3v) is 4.85. The van der Waals surface area contributed by atoms with E-state index >= 15 is 0 Å². The van der Waals surface area contributed by atoms with Crippen molar-refractivity contribution in [3.8, 4) is 0 Å². The summed E-state index contributed by atoms with van der Waals surface area (Å²) < 4.78 is 0. The Bertz CT molecular complexity index is 644. The molecule has 14 nitrogen and oxygen atoms in total. The molecule has 0 bridgehead atoms. The second-order valence-corrected chi connectivity index (χ2v) is 7.41. The first kappa shape index (κ1) is 27.2. The Morgan fingerprint density at radius 1 is 0.594 bits per heavy atom. The molecule has 5 N–H and O–H groups in total. The van der Waals surface area contributed by atoms with E-state index in [-0.39, 0.29) is 52.4 Å². The van der Waals surface area contributed by atoms with Crippen LogP contribution in [0.25, 0.3) is 0 Å². The normalized spacial score (nSPS) is 18.2. The second-order valence-electron chi connectivity index (χ2n) is 7.41. The third-order valence-electron chi connectivity index (χ3n) is 4.85. The number of nitrogens with zero attached hydrogens (tertiary/aromatic N) is 4. The molecule has 0 radical (unpaired) electrons. The monoisotopic (exact) mass is 460 g/mol. The van der Waals surface area contributed by atoms with E-state index in [0.29, 0.717) is 26.2 Å². The fourth-order valence-corrected chi connectivity index (χ4v) is 3.22. The average Bonchev–Trinajstić information content (AvgIpc) is 2.68. The van der Waals surface area contributed by atoms with Crippen LogP contribution in [0.4, 0.5) is 4.79 Å². The van der Waals surface area contributed by atoms with Gasteiger partial charge in [0.25, 0.3) is 0 Å². The zero-order chi connectivity index (χ0) is 24.1. The van der Waals surface area contributed by atoms with E-state index < -0.39 is 29.8 Å². The van der Waals surface area contributed by atoms with Crippen LogP contribution in [-0.4, -0.2) is 150 Å². The molecule has 0 unspecified atom stereocenters. The number of hydrogen-bond donors (Lipinski definition) is 5. The number of aliphatic carboxylic acids is 3. The third kappa shape index (κ3) is 12.1. The summed E-state index contributed by atoms with van der Waals surface area (Å²) >= 11 is 0. The van der Waals surface area contributed by atoms with Crippen LogP contribution in [-0.2, 0) is 19.2 Å². The maximum Gasteiger partial charge on any atom is 0.321 e. The van der Waals surface area contributed by atoms with Crippen molar-refractivity contribution in [2.75, 3.05) is 85.6 Å². The first-order valence-corrected chi connectivity index (χ1v) is 10.2. The van der Waals surface area contributed by atoms with E-state index in [2.05, 4.69) is 10.6 Å². The molecule has 1 heterocycles. The van der Waals surface area contributed by atoms with E-state index in [9.17, 15) is 34.2 Å². The molecule has 0 aromatic carbocycles. The molecule has 0 aromatic heterocycles. The molecule has 0 aromatic rings. The minimum atomic E-state index is -1.03. The number of rotatable bonds is 8. The number of nitrogens with one attached hydrogen (secondary N) is 2. The summed E-state index contributed by atoms with van der Waals surface area (Å²) in [5.74, 6) is -3.63. The molecular weight excluding hydrogens is 428 g/mol. The van der Waals surface area contributed by atoms with Crippen LogP contribution in [0.2, 0.25) is 0 Å². The predicted molar refractivity (Wildman–Crippen MR) is 111 cm³/mol. The van der Waals surface area contributed by atoms with Gasteiger partial charge in [0, 0.05) is 59.4 Å². The van der Waals surface area contributed by atoms with Crippen molar-refractivity contribution in [3.63, 3.8) is 0 Å². The van der Waals surface area contributed by atoms with E-state index in [0.717, 1.165) is 0 Å². The largest absolute Gasteiger partial charge is 0.480 e. The number of carboxylic acid groups (broad SMARTS) is 3. The summed E-state index contributed by atoms with van der Waals surface area (Å²) in [6.45, 7) is 1.48. The Kier molecular flexibility index (Phi) is 12.2. The summed E-state index contributed by atoms with van der Waals surface area (Å²) in [5.41, 5.74) is 0. The maximum atomic E-state index is 12.1. The molecule has 1 aliphatic heterocycles. The van der Waals surface area contributed by atoms with Gasteiger partial charge in [-0.25, -0.2) is 4.79 Å². The van der Waals surface area contributed by atoms with E-state index in [1.165, 1.54) is 7.05 Å². The van der Waals surface area contributed by atoms with Crippen molar-refractivity contribution in [3.05, 3.63) is 0 Å². The lowest BCUT2D eigenvalue weighted by Crippen LogP contribution is -2.50. The summed E-state index contributed by atoms with van der Waals surface area (Å²) in [6.07, 6.45) is 0. The molecule has 1 saturated heterocycles. The second kappa shape index (κ2) is 14.3. The van der Waals surface area contributed by atoms with Crippen LogP contribution in [0.15, 0.2) is 0 Å². The van der Waals surface area contributed by atoms with Gasteiger partial charge < -0.3 is 20.6 Å². The van der Waals surface area contributed by atoms with Gasteiger partial charge in [0.05, 0.1) is 26.2 Å². The molecule has 14 heteroatoms. The molecule has 0 atom stereocenters. The van der Waals surface area contributed by atoms with Crippen LogP contribution in [0, 0.1) is 0 Å². The minimum absolute atomic E-state index is 0.125. The Morgan fingerprint density at radius 3 is 1.12 bits per heavy atom. The number of carbonyl (C=O) groups is 5. The predicted octanol–water partition coefficient (Wildman–Crippen LogP) is -3.08. The molecule has 0 spiro atoms. The van der Waals surface area contributed by atoms with E-state index in [1.54, 1.807) is 19.6 Å². The smallest absolute Gasteiger partial charge is 0.321 e. The first-order valence-electron chi connectivity index (χ1n) is 10.2. The number of carbonyl (C=O) groups excluding carboxylic acids is 2. The van der Waals surface area contributed by atoms with Gasteiger partial charge in [-0.3, -0.25) is 44.1 Å². The summed E-state index contributed by atoms with van der Waals surface area (Å²) in [5, 5.41) is 32.0. The molecule has 1 rings (SSSR count). The number of amides is 3. The van der Waals surface area contributed by atoms with Gasteiger partial charge in [-0.05, 0) is 0 Å². The quantitative estimate of drug-likeness (QED) is 0.246. The fraction of sp³-hybridized carbons (Fsp3) is 0.722. The maximum absolute atomic E-state index is 12.1. The molecular formula is C18H32N6O8. The molecule has 1 fully saturated rings. The van der Waals surface area contributed by atoms with Gasteiger partial charge in [0.2, 0.25) is 5.91 Å². The van der Waals surface area contributed by atoms with Crippen molar-refractivity contribution >= 4 is 29.8 Å². The van der Waals surface area contributed by atoms with Crippen LogP contribution in [0.5, 0.6) is 0 Å². The number of hydrogen-bond acceptors (Lipinski definition) is 9. The van der Waals surface area contributed by atoms with E-state index in [1.807, 2.05) is 0 Å². The van der Waals surface area contributed by atoms with Gasteiger partial charge in [0.15, 0.2) is 0 Å². The van der Waals surface area contributed by atoms with Crippen molar-refractivity contribution in [1.82, 2.24) is 30.2 Å². The zero-order valence-electron chi connectivity index (χ0n) is 18.2. The molecule has 32 heavy (non-hydrogen) atoms. The minimum Gasteiger partial charge on any atom is -0.480 e. The molecule has 182 valence electrons. The molecule has 0 saturated carbocycles. The lowest BCUT2D eigenvalue weighted by Gasteiger charge is -2.32. The molecule has 1 aliphatic rings. The summed E-state index contributed by atoms with van der Waals surface area (Å²) in [6, 6.07) is -0.650. The van der Waals surface area contributed by atoms with Gasteiger partial charge in [-0.2, -0.15) is 0 Å². The Morgan fingerprint density at radius 2 is 0.875 bits per heavy atom. The Hall–Kier alpha value is -2.81. The molecule has 3 amide bonds. The van der Waals surface area contributed by atoms with Gasteiger partial charge in [-0.1, -0.05) is 0 Å². The summed E-state index contributed by atoms with van der Waals surface area (Å²) in [4.78, 5) is 63.8. The van der Waals surface area contributed by atoms with Crippen molar-refractivity contribution in [2.45, 2.75) is 0 Å². The van der Waals surface area contributed by atoms with Gasteiger partial charge in [-0.15, -0.1) is 0 Å². The Labute approximate surface area is 185 Å². The lowest BCUT2D eigenvalue weighted by atomic mass is 10.3. The van der Waals surface area contributed by atoms with Crippen molar-refractivity contribution in [2.24, 2.45) is 0 Å². The number of carboxylic acids is 3. The van der Waals surface area contributed by atoms with Crippen LogP contribution in [0.1, 0.15) is 0 Å². The Balaban J connectivity index is 2.95. The van der Waals surface area contributed by atoms with E-state index in [4.69, 9.17) is 5.11 Å². The van der Waals surface area contributed by atoms with Crippen molar-refractivity contribution in [1.29, 1.82) is 0 Å². The van der Waals surface area contributed by atoms with Crippen LogP contribution >= 0.6 is 0 Å². The summed E-state index contributed by atoms with van der Waals surface area (Å²) in [7, 11) is 1.38. The average molecular weight is 460 g/mol. The van der Waals surface area contributed by atoms with Gasteiger partial charge >= 0.3 is 23.9 Å². The highest BCUT2D eigenvalue weighted by atomic mass is 16.4. The zero-order valence-corrected chi connectivity index (χ0v) is 18.2. The highest BCUT2D eigenvalue weighted by Gasteiger charge is 2.21. The highest BCUT2D eigenvalue weighted by molar-refractivity contribution is 5.95. The van der Waals surface area contributed by atoms with Gasteiger partial charge in [0.1, 0.15) is 0 Å². The van der Waals surface area contributed by atoms with Crippen molar-refractivity contribution < 1.29 is 39.3 Å². The fourth-order valence-electron chi connectivity index (χ4n) is 3.22. The van der Waals surface area contributed by atoms with Crippen LogP contribution in [0.3, 0.4) is 0 Å². The first-order chi connectivity index (χ1) is 15.1. The van der Waals surface area contributed by atoms with Crippen LogP contribution < -0.4 is 10.6 Å². The number of imide groups is 1.